The molecule has 0 spiro atoms. The molecule has 1 aliphatic rings. The van der Waals surface area contributed by atoms with E-state index in [0.29, 0.717) is 0 Å². The average Bonchev–Trinajstić information content (AvgIpc) is 4.14. The third-order valence-electron chi connectivity index (χ3n) is 10.9. The molecule has 64 heavy (non-hydrogen) atoms. The molecule has 0 bridgehead atoms. The molecule has 0 fully saturated rings. The second-order valence-electron chi connectivity index (χ2n) is 14.7. The number of thiophene rings is 12. The van der Waals surface area contributed by atoms with Crippen LogP contribution in [0.15, 0.2) is 167 Å². The van der Waals surface area contributed by atoms with Crippen molar-refractivity contribution in [3.05, 3.63) is 187 Å². The van der Waals surface area contributed by atoms with E-state index in [4.69, 9.17) is 0 Å². The summed E-state index contributed by atoms with van der Waals surface area (Å²) in [5, 5.41) is 8.67. The molecule has 0 radical (unpaired) electrons. The molecule has 12 aromatic rings. The molecule has 12 aromatic heterocycles. The molecule has 0 N–H and O–H groups in total. The fraction of sp³-hybridized carbons (Fsp3) is 0. The van der Waals surface area contributed by atoms with E-state index in [1.807, 2.05) is 136 Å². The third-order valence-corrected chi connectivity index (χ3v) is 24.7. The zero-order valence-electron chi connectivity index (χ0n) is 33.1. The molecule has 12 heteroatoms. The first-order valence-corrected chi connectivity index (χ1v) is 30.2. The Labute approximate surface area is 418 Å². The predicted molar refractivity (Wildman–Crippen MR) is 297 cm³/mol. The molecule has 0 nitrogen and oxygen atoms in total. The fourth-order valence-corrected chi connectivity index (χ4v) is 19.9. The summed E-state index contributed by atoms with van der Waals surface area (Å²) in [6, 6.07) is 54.8. The third kappa shape index (κ3) is 7.33. The normalized spacial score (nSPS) is 12.9. The van der Waals surface area contributed by atoms with Gasteiger partial charge in [-0.15, -0.1) is 136 Å². The summed E-state index contributed by atoms with van der Waals surface area (Å²) >= 11 is 22.6. The van der Waals surface area contributed by atoms with Crippen LogP contribution < -0.4 is 0 Å². The molecule has 0 atom stereocenters. The van der Waals surface area contributed by atoms with Crippen LogP contribution in [0.2, 0.25) is 0 Å². The van der Waals surface area contributed by atoms with Gasteiger partial charge in [0.2, 0.25) is 0 Å². The van der Waals surface area contributed by atoms with Gasteiger partial charge in [-0.05, 0) is 143 Å². The molecule has 13 rings (SSSR count). The number of hydrogen-bond acceptors (Lipinski definition) is 12. The largest absolute Gasteiger partial charge is 0.143 e. The Morgan fingerprint density at radius 1 is 0.156 bits per heavy atom. The number of rotatable bonds is 12. The van der Waals surface area contributed by atoms with Gasteiger partial charge in [0.25, 0.3) is 0 Å². The van der Waals surface area contributed by atoms with Crippen molar-refractivity contribution in [1.82, 2.24) is 0 Å². The van der Waals surface area contributed by atoms with Crippen LogP contribution in [0.1, 0.15) is 19.5 Å². The maximum Gasteiger partial charge on any atom is 0.0449 e. The van der Waals surface area contributed by atoms with Crippen molar-refractivity contribution in [2.24, 2.45) is 0 Å². The molecule has 0 saturated carbocycles. The van der Waals surface area contributed by atoms with E-state index in [9.17, 15) is 0 Å². The minimum atomic E-state index is 1.32. The van der Waals surface area contributed by atoms with Gasteiger partial charge in [-0.25, -0.2) is 0 Å². The van der Waals surface area contributed by atoms with Gasteiger partial charge in [-0.1, -0.05) is 24.3 Å². The van der Waals surface area contributed by atoms with Crippen molar-refractivity contribution in [3.63, 3.8) is 0 Å². The highest BCUT2D eigenvalue weighted by Crippen LogP contribution is 2.62. The Morgan fingerprint density at radius 3 is 0.484 bits per heavy atom. The van der Waals surface area contributed by atoms with Gasteiger partial charge in [-0.3, -0.25) is 0 Å². The lowest BCUT2D eigenvalue weighted by Crippen LogP contribution is -2.07. The maximum atomic E-state index is 2.39. The molecule has 0 unspecified atom stereocenters. The highest BCUT2D eigenvalue weighted by molar-refractivity contribution is 7.29. The van der Waals surface area contributed by atoms with Gasteiger partial charge in [0.05, 0.1) is 0 Å². The summed E-state index contributed by atoms with van der Waals surface area (Å²) in [6.45, 7) is 0. The zero-order chi connectivity index (χ0) is 42.1. The van der Waals surface area contributed by atoms with Crippen molar-refractivity contribution < 1.29 is 0 Å². The molecule has 1 aliphatic carbocycles. The summed E-state index contributed by atoms with van der Waals surface area (Å²) in [5.74, 6) is 0. The standard InChI is InChI=1S/C52H28S12/c1-5-29(53-25-1)33-9-13-37(57-33)41-17-21-45(61-41)49-50(46-22-18-42(62-46)38-14-10-34(58-38)30-6-2-26-54-30)52(48-24-20-44(64-48)40-16-12-36(60-40)32-8-4-28-56-32)51(49)47-23-19-43(63-47)39-15-11-35(59-39)31-7-3-27-55-31/h1-28H. The summed E-state index contributed by atoms with van der Waals surface area (Å²) in [4.78, 5) is 26.5. The summed E-state index contributed by atoms with van der Waals surface area (Å²) in [6.07, 6.45) is 0. The second-order valence-corrected chi connectivity index (χ2v) is 27.2. The monoisotopic (exact) mass is 1040 g/mol. The lowest BCUT2D eigenvalue weighted by Gasteiger charge is -2.30. The van der Waals surface area contributed by atoms with E-state index in [-0.39, 0.29) is 0 Å². The predicted octanol–water partition coefficient (Wildman–Crippen LogP) is 21.3. The van der Waals surface area contributed by atoms with Gasteiger partial charge < -0.3 is 0 Å². The Kier molecular flexibility index (Phi) is 10.6. The van der Waals surface area contributed by atoms with Crippen molar-refractivity contribution in [2.75, 3.05) is 0 Å². The minimum Gasteiger partial charge on any atom is -0.143 e. The highest BCUT2D eigenvalue weighted by atomic mass is 32.1. The van der Waals surface area contributed by atoms with Gasteiger partial charge in [0.1, 0.15) is 0 Å². The van der Waals surface area contributed by atoms with E-state index >= 15 is 0 Å². The molecular weight excluding hydrogens is 1010 g/mol. The van der Waals surface area contributed by atoms with Crippen LogP contribution in [0.5, 0.6) is 0 Å². The Morgan fingerprint density at radius 2 is 0.312 bits per heavy atom. The molecule has 308 valence electrons. The summed E-state index contributed by atoms with van der Waals surface area (Å²) in [7, 11) is 0. The van der Waals surface area contributed by atoms with Gasteiger partial charge in [0, 0.05) is 120 Å². The molecule has 0 amide bonds. The lowest BCUT2D eigenvalue weighted by atomic mass is 9.77. The molecule has 0 aromatic carbocycles. The van der Waals surface area contributed by atoms with Crippen molar-refractivity contribution in [1.29, 1.82) is 0 Å². The van der Waals surface area contributed by atoms with Crippen LogP contribution in [0.3, 0.4) is 0 Å². The Bertz CT molecular complexity index is 3110. The molecular formula is C52H28S12. The van der Waals surface area contributed by atoms with E-state index in [1.165, 1.54) is 120 Å². The number of hydrogen-bond donors (Lipinski definition) is 0. The fourth-order valence-electron chi connectivity index (χ4n) is 7.93. The van der Waals surface area contributed by atoms with Crippen molar-refractivity contribution in [3.8, 4) is 78.0 Å². The zero-order valence-corrected chi connectivity index (χ0v) is 42.9. The first kappa shape index (κ1) is 40.2. The Hall–Kier alpha value is -4.12. The highest BCUT2D eigenvalue weighted by Gasteiger charge is 2.37. The lowest BCUT2D eigenvalue weighted by molar-refractivity contribution is 1.70. The SMILES string of the molecule is c1csc(-c2ccc(-c3ccc(C4=C(c5ccc(-c6ccc(-c7cccs7)s6)s5)C(c5ccc(-c6ccc(-c7cccs7)s6)s5)=C4c4ccc(-c5ccc(-c6cccs6)s5)s4)s3)s2)c1. The van der Waals surface area contributed by atoms with E-state index in [1.54, 1.807) is 0 Å². The topological polar surface area (TPSA) is 0 Å². The first-order chi connectivity index (χ1) is 31.7. The Balaban J connectivity index is 0.955. The first-order valence-electron chi connectivity index (χ1n) is 20.1. The van der Waals surface area contributed by atoms with Gasteiger partial charge >= 0.3 is 0 Å². The summed E-state index contributed by atoms with van der Waals surface area (Å²) in [5.41, 5.74) is 5.46. The van der Waals surface area contributed by atoms with E-state index in [2.05, 4.69) is 167 Å². The van der Waals surface area contributed by atoms with Crippen LogP contribution in [0.25, 0.3) is 100 Å². The molecule has 0 aliphatic heterocycles. The average molecular weight is 1040 g/mol. The van der Waals surface area contributed by atoms with E-state index < -0.39 is 0 Å². The van der Waals surface area contributed by atoms with Crippen LogP contribution in [-0.2, 0) is 0 Å². The maximum absolute atomic E-state index is 2.39. The molecule has 12 heterocycles. The number of allylic oxidation sites excluding steroid dienone is 4. The second kappa shape index (κ2) is 16.9. The van der Waals surface area contributed by atoms with Crippen LogP contribution in [0.4, 0.5) is 0 Å². The smallest absolute Gasteiger partial charge is 0.0449 e. The van der Waals surface area contributed by atoms with Crippen LogP contribution >= 0.6 is 136 Å². The van der Waals surface area contributed by atoms with Gasteiger partial charge in [0.15, 0.2) is 0 Å². The van der Waals surface area contributed by atoms with Crippen molar-refractivity contribution >= 4 is 158 Å². The summed E-state index contributed by atoms with van der Waals surface area (Å²) < 4.78 is 0. The quantitative estimate of drug-likeness (QED) is 0.114. The van der Waals surface area contributed by atoms with E-state index in [0.717, 1.165) is 0 Å². The van der Waals surface area contributed by atoms with Gasteiger partial charge in [-0.2, -0.15) is 0 Å². The minimum absolute atomic E-state index is 1.32. The van der Waals surface area contributed by atoms with Crippen LogP contribution in [0, 0.1) is 0 Å². The molecule has 0 saturated heterocycles. The van der Waals surface area contributed by atoms with Crippen LogP contribution in [-0.4, -0.2) is 0 Å². The van der Waals surface area contributed by atoms with Crippen molar-refractivity contribution in [2.45, 2.75) is 0 Å².